The fourth-order valence-corrected chi connectivity index (χ4v) is 6.17. The molecule has 0 saturated carbocycles. The summed E-state index contributed by atoms with van der Waals surface area (Å²) >= 11 is 6.11. The molecule has 0 aliphatic carbocycles. The molecule has 3 aromatic carbocycles. The zero-order chi connectivity index (χ0) is 26.7. The van der Waals surface area contributed by atoms with Crippen LogP contribution in [-0.4, -0.2) is 44.2 Å². The van der Waals surface area contributed by atoms with Gasteiger partial charge < -0.3 is 4.74 Å². The lowest BCUT2D eigenvalue weighted by Gasteiger charge is -2.27. The Morgan fingerprint density at radius 3 is 2.30 bits per heavy atom. The maximum Gasteiger partial charge on any atom is 0.252 e. The highest BCUT2D eigenvalue weighted by molar-refractivity contribution is 7.89. The summed E-state index contributed by atoms with van der Waals surface area (Å²) in [4.78, 5) is 27.7. The third-order valence-corrected chi connectivity index (χ3v) is 8.62. The van der Waals surface area contributed by atoms with Crippen LogP contribution in [0, 0.1) is 0 Å². The Balaban J connectivity index is 1.68. The topological polar surface area (TPSA) is 84.0 Å². The summed E-state index contributed by atoms with van der Waals surface area (Å²) in [5, 5.41) is 0.533. The number of imide groups is 1. The summed E-state index contributed by atoms with van der Waals surface area (Å²) in [6.07, 6.45) is 0.0761. The molecule has 1 unspecified atom stereocenters. The number of carbonyl (C=O) groups excluding carboxylic acids is 2. The molecule has 4 rings (SSSR count). The van der Waals surface area contributed by atoms with Crippen molar-refractivity contribution >= 4 is 39.1 Å². The molecule has 1 heterocycles. The normalized spacial score (nSPS) is 16.2. The average molecular weight is 541 g/mol. The van der Waals surface area contributed by atoms with Crippen molar-refractivity contribution in [3.05, 3.63) is 88.9 Å². The first kappa shape index (κ1) is 26.9. The molecular weight excluding hydrogens is 512 g/mol. The SMILES string of the molecule is COc1ccc(S(=O)(=O)N(CCc2cccc(Cl)c2)C2CC(=O)N(c3ccc(C(C)C)cc3)C2=O)cc1. The molecule has 0 spiro atoms. The van der Waals surface area contributed by atoms with E-state index in [0.29, 0.717) is 28.8 Å². The molecule has 3 aromatic rings. The molecule has 1 aliphatic heterocycles. The van der Waals surface area contributed by atoms with Gasteiger partial charge >= 0.3 is 0 Å². The summed E-state index contributed by atoms with van der Waals surface area (Å²) in [5.74, 6) is -0.202. The summed E-state index contributed by atoms with van der Waals surface area (Å²) < 4.78 is 33.9. The highest BCUT2D eigenvalue weighted by atomic mass is 35.5. The molecule has 0 N–H and O–H groups in total. The summed E-state index contributed by atoms with van der Waals surface area (Å²) in [6, 6.07) is 19.1. The van der Waals surface area contributed by atoms with Gasteiger partial charge in [-0.1, -0.05) is 49.7 Å². The van der Waals surface area contributed by atoms with Crippen LogP contribution in [-0.2, 0) is 26.0 Å². The van der Waals surface area contributed by atoms with E-state index in [0.717, 1.165) is 20.3 Å². The van der Waals surface area contributed by atoms with E-state index in [2.05, 4.69) is 13.8 Å². The minimum atomic E-state index is -4.12. The van der Waals surface area contributed by atoms with Crippen LogP contribution in [0.4, 0.5) is 5.69 Å². The van der Waals surface area contributed by atoms with Crippen LogP contribution < -0.4 is 9.64 Å². The second kappa shape index (κ2) is 11.0. The van der Waals surface area contributed by atoms with Crippen molar-refractivity contribution < 1.29 is 22.7 Å². The molecule has 0 bridgehead atoms. The fourth-order valence-electron chi connectivity index (χ4n) is 4.38. The number of ether oxygens (including phenoxy) is 1. The number of sulfonamides is 1. The van der Waals surface area contributed by atoms with Crippen molar-refractivity contribution in [2.75, 3.05) is 18.6 Å². The lowest BCUT2D eigenvalue weighted by molar-refractivity contribution is -0.122. The molecule has 1 saturated heterocycles. The van der Waals surface area contributed by atoms with Crippen LogP contribution in [0.15, 0.2) is 77.7 Å². The van der Waals surface area contributed by atoms with E-state index >= 15 is 0 Å². The second-order valence-corrected chi connectivity index (χ2v) is 11.5. The Hall–Kier alpha value is -3.20. The Morgan fingerprint density at radius 2 is 1.70 bits per heavy atom. The van der Waals surface area contributed by atoms with Crippen LogP contribution in [0.25, 0.3) is 0 Å². The van der Waals surface area contributed by atoms with Gasteiger partial charge in [0.25, 0.3) is 5.91 Å². The van der Waals surface area contributed by atoms with E-state index in [1.165, 1.54) is 19.2 Å². The Bertz CT molecular complexity index is 1390. The molecule has 0 aromatic heterocycles. The fraction of sp³-hybridized carbons (Fsp3) is 0.286. The predicted octanol–water partition coefficient (Wildman–Crippen LogP) is 5.04. The zero-order valence-corrected chi connectivity index (χ0v) is 22.5. The number of methoxy groups -OCH3 is 1. The van der Waals surface area contributed by atoms with Gasteiger partial charge in [-0.3, -0.25) is 9.59 Å². The molecule has 7 nitrogen and oxygen atoms in total. The first-order chi connectivity index (χ1) is 17.6. The molecule has 37 heavy (non-hydrogen) atoms. The third-order valence-electron chi connectivity index (χ3n) is 6.46. The van der Waals surface area contributed by atoms with Gasteiger partial charge in [0.05, 0.1) is 24.1 Å². The number of halogens is 1. The average Bonchev–Trinajstić information content (AvgIpc) is 3.17. The van der Waals surface area contributed by atoms with Crippen LogP contribution in [0.5, 0.6) is 5.75 Å². The second-order valence-electron chi connectivity index (χ2n) is 9.20. The van der Waals surface area contributed by atoms with Crippen molar-refractivity contribution in [3.8, 4) is 5.75 Å². The van der Waals surface area contributed by atoms with Gasteiger partial charge in [0.15, 0.2) is 0 Å². The third kappa shape index (κ3) is 5.71. The van der Waals surface area contributed by atoms with Gasteiger partial charge in [0.1, 0.15) is 11.8 Å². The summed E-state index contributed by atoms with van der Waals surface area (Å²) in [6.45, 7) is 4.11. The highest BCUT2D eigenvalue weighted by Crippen LogP contribution is 2.31. The number of amides is 2. The van der Waals surface area contributed by atoms with Crippen LogP contribution in [0.2, 0.25) is 5.02 Å². The van der Waals surface area contributed by atoms with Gasteiger partial charge in [0.2, 0.25) is 15.9 Å². The van der Waals surface area contributed by atoms with Crippen molar-refractivity contribution in [2.45, 2.75) is 43.5 Å². The van der Waals surface area contributed by atoms with Crippen molar-refractivity contribution in [2.24, 2.45) is 0 Å². The Morgan fingerprint density at radius 1 is 1.03 bits per heavy atom. The largest absolute Gasteiger partial charge is 0.497 e. The molecule has 9 heteroatoms. The van der Waals surface area contributed by atoms with E-state index in [1.54, 1.807) is 42.5 Å². The van der Waals surface area contributed by atoms with E-state index in [9.17, 15) is 18.0 Å². The Labute approximate surface area is 222 Å². The van der Waals surface area contributed by atoms with E-state index in [-0.39, 0.29) is 17.9 Å². The van der Waals surface area contributed by atoms with Gasteiger partial charge in [-0.05, 0) is 72.0 Å². The van der Waals surface area contributed by atoms with Crippen molar-refractivity contribution in [1.29, 1.82) is 0 Å². The number of nitrogens with zero attached hydrogens (tertiary/aromatic N) is 2. The molecule has 194 valence electrons. The van der Waals surface area contributed by atoms with E-state index in [1.807, 2.05) is 18.2 Å². The minimum absolute atomic E-state index is 0.00147. The van der Waals surface area contributed by atoms with Gasteiger partial charge in [-0.15, -0.1) is 0 Å². The monoisotopic (exact) mass is 540 g/mol. The maximum absolute atomic E-state index is 13.8. The molecule has 0 radical (unpaired) electrons. The first-order valence-electron chi connectivity index (χ1n) is 12.0. The molecule has 2 amide bonds. The minimum Gasteiger partial charge on any atom is -0.497 e. The Kier molecular flexibility index (Phi) is 8.02. The number of benzene rings is 3. The standard InChI is InChI=1S/C28H29ClN2O5S/c1-19(2)21-7-9-23(10-8-21)31-27(32)18-26(28(31)33)30(16-15-20-5-4-6-22(29)17-20)37(34,35)25-13-11-24(36-3)12-14-25/h4-14,17,19,26H,15-16,18H2,1-3H3. The number of anilines is 1. The smallest absolute Gasteiger partial charge is 0.252 e. The number of carbonyl (C=O) groups is 2. The van der Waals surface area contributed by atoms with Gasteiger partial charge in [-0.25, -0.2) is 13.3 Å². The molecule has 1 aliphatic rings. The van der Waals surface area contributed by atoms with Crippen LogP contribution in [0.1, 0.15) is 37.3 Å². The predicted molar refractivity (Wildman–Crippen MR) is 143 cm³/mol. The zero-order valence-electron chi connectivity index (χ0n) is 20.9. The summed E-state index contributed by atoms with van der Waals surface area (Å²) in [5.41, 5.74) is 2.32. The van der Waals surface area contributed by atoms with Crippen LogP contribution in [0.3, 0.4) is 0 Å². The maximum atomic E-state index is 13.8. The first-order valence-corrected chi connectivity index (χ1v) is 13.8. The number of hydrogen-bond acceptors (Lipinski definition) is 5. The molecule has 1 atom stereocenters. The number of rotatable bonds is 9. The lowest BCUT2D eigenvalue weighted by atomic mass is 10.0. The van der Waals surface area contributed by atoms with Gasteiger partial charge in [-0.2, -0.15) is 4.31 Å². The lowest BCUT2D eigenvalue weighted by Crippen LogP contribution is -2.46. The van der Waals surface area contributed by atoms with Crippen molar-refractivity contribution in [1.82, 2.24) is 4.31 Å². The van der Waals surface area contributed by atoms with Crippen LogP contribution >= 0.6 is 11.6 Å². The highest BCUT2D eigenvalue weighted by Gasteiger charge is 2.46. The quantitative estimate of drug-likeness (QED) is 0.355. The van der Waals surface area contributed by atoms with E-state index in [4.69, 9.17) is 16.3 Å². The van der Waals surface area contributed by atoms with Gasteiger partial charge in [0, 0.05) is 11.6 Å². The molecule has 1 fully saturated rings. The number of hydrogen-bond donors (Lipinski definition) is 0. The van der Waals surface area contributed by atoms with Crippen molar-refractivity contribution in [3.63, 3.8) is 0 Å². The molecular formula is C28H29ClN2O5S. The summed E-state index contributed by atoms with van der Waals surface area (Å²) in [7, 11) is -2.63. The van der Waals surface area contributed by atoms with E-state index < -0.39 is 27.9 Å².